The molecular weight excluding hydrogens is 386 g/mol. The molecule has 1 aliphatic heterocycles. The Hall–Kier alpha value is -2.80. The number of dihydropyridines is 1. The van der Waals surface area contributed by atoms with Crippen LogP contribution in [0.1, 0.15) is 32.3 Å². The summed E-state index contributed by atoms with van der Waals surface area (Å²) in [4.78, 5) is 36.7. The molecule has 1 heterocycles. The molecule has 0 aliphatic carbocycles. The van der Waals surface area contributed by atoms with Crippen LogP contribution in [0.2, 0.25) is 5.02 Å². The second-order valence-corrected chi connectivity index (χ2v) is 6.41. The summed E-state index contributed by atoms with van der Waals surface area (Å²) < 4.78 is 15.2. The van der Waals surface area contributed by atoms with Crippen LogP contribution in [0.4, 0.5) is 0 Å². The van der Waals surface area contributed by atoms with Crippen molar-refractivity contribution in [1.29, 1.82) is 0 Å². The predicted octanol–water partition coefficient (Wildman–Crippen LogP) is 2.85. The number of halogens is 1. The maximum Gasteiger partial charge on any atom is 0.336 e. The zero-order valence-corrected chi connectivity index (χ0v) is 16.9. The third-order valence-electron chi connectivity index (χ3n) is 4.18. The molecule has 0 spiro atoms. The van der Waals surface area contributed by atoms with Crippen molar-refractivity contribution < 1.29 is 28.6 Å². The molecule has 1 aromatic carbocycles. The number of methoxy groups -OCH3 is 1. The van der Waals surface area contributed by atoms with Crippen LogP contribution in [0, 0.1) is 0 Å². The van der Waals surface area contributed by atoms with Gasteiger partial charge in [-0.05, 0) is 25.5 Å². The van der Waals surface area contributed by atoms with Crippen molar-refractivity contribution in [2.24, 2.45) is 0 Å². The summed E-state index contributed by atoms with van der Waals surface area (Å²) in [5.74, 6) is -2.60. The van der Waals surface area contributed by atoms with Gasteiger partial charge in [0.15, 0.2) is 0 Å². The van der Waals surface area contributed by atoms with Crippen molar-refractivity contribution in [2.75, 3.05) is 20.3 Å². The maximum absolute atomic E-state index is 12.8. The largest absolute Gasteiger partial charge is 0.466 e. The van der Waals surface area contributed by atoms with Crippen LogP contribution in [-0.2, 0) is 28.6 Å². The van der Waals surface area contributed by atoms with Crippen LogP contribution in [0.15, 0.2) is 46.8 Å². The van der Waals surface area contributed by atoms with Gasteiger partial charge in [-0.3, -0.25) is 4.79 Å². The lowest BCUT2D eigenvalue weighted by molar-refractivity contribution is -0.142. The number of ether oxygens (including phenoxy) is 3. The molecule has 1 N–H and O–H groups in total. The molecule has 0 saturated heterocycles. The van der Waals surface area contributed by atoms with E-state index in [0.717, 1.165) is 0 Å². The fraction of sp³-hybridized carbons (Fsp3) is 0.350. The van der Waals surface area contributed by atoms with Crippen molar-refractivity contribution in [1.82, 2.24) is 5.32 Å². The number of rotatable bonds is 6. The Balaban J connectivity index is 2.73. The number of benzene rings is 1. The maximum atomic E-state index is 12.8. The summed E-state index contributed by atoms with van der Waals surface area (Å²) in [5.41, 5.74) is 1.69. The van der Waals surface area contributed by atoms with E-state index < -0.39 is 23.8 Å². The molecule has 8 heteroatoms. The zero-order chi connectivity index (χ0) is 20.8. The highest BCUT2D eigenvalue weighted by atomic mass is 35.5. The Kier molecular flexibility index (Phi) is 7.23. The molecule has 28 heavy (non-hydrogen) atoms. The van der Waals surface area contributed by atoms with E-state index in [9.17, 15) is 14.4 Å². The fourth-order valence-electron chi connectivity index (χ4n) is 3.03. The van der Waals surface area contributed by atoms with Gasteiger partial charge in [-0.15, -0.1) is 0 Å². The molecule has 0 aromatic heterocycles. The molecular formula is C20H22ClNO6. The van der Waals surface area contributed by atoms with E-state index in [1.807, 2.05) is 0 Å². The first-order valence-electron chi connectivity index (χ1n) is 8.65. The summed E-state index contributed by atoms with van der Waals surface area (Å²) in [6, 6.07) is 6.88. The molecule has 1 unspecified atom stereocenters. The Morgan fingerprint density at radius 2 is 1.79 bits per heavy atom. The van der Waals surface area contributed by atoms with Gasteiger partial charge >= 0.3 is 17.9 Å². The van der Waals surface area contributed by atoms with E-state index in [1.165, 1.54) is 14.0 Å². The smallest absolute Gasteiger partial charge is 0.336 e. The average Bonchev–Trinajstić information content (AvgIpc) is 2.65. The number of nitrogens with one attached hydrogen (secondary N) is 1. The van der Waals surface area contributed by atoms with Crippen molar-refractivity contribution in [3.05, 3.63) is 57.4 Å². The minimum atomic E-state index is -0.841. The van der Waals surface area contributed by atoms with Gasteiger partial charge in [-0.25, -0.2) is 9.59 Å². The van der Waals surface area contributed by atoms with Crippen LogP contribution < -0.4 is 5.32 Å². The molecule has 0 amide bonds. The molecule has 1 atom stereocenters. The molecule has 0 saturated carbocycles. The molecule has 0 bridgehead atoms. The van der Waals surface area contributed by atoms with Crippen LogP contribution in [0.5, 0.6) is 0 Å². The Morgan fingerprint density at radius 3 is 2.36 bits per heavy atom. The van der Waals surface area contributed by atoms with Gasteiger partial charge in [0.25, 0.3) is 0 Å². The van der Waals surface area contributed by atoms with Gasteiger partial charge in [-0.2, -0.15) is 0 Å². The average molecular weight is 408 g/mol. The molecule has 2 rings (SSSR count). The lowest BCUT2D eigenvalue weighted by atomic mass is 9.80. The fourth-order valence-corrected chi connectivity index (χ4v) is 3.28. The summed E-state index contributed by atoms with van der Waals surface area (Å²) in [7, 11) is 1.26. The van der Waals surface area contributed by atoms with Crippen molar-refractivity contribution >= 4 is 29.5 Å². The molecule has 150 valence electrons. The molecule has 0 radical (unpaired) electrons. The van der Waals surface area contributed by atoms with Crippen LogP contribution in [0.25, 0.3) is 0 Å². The van der Waals surface area contributed by atoms with E-state index in [2.05, 4.69) is 5.32 Å². The second-order valence-electron chi connectivity index (χ2n) is 6.00. The van der Waals surface area contributed by atoms with Crippen LogP contribution in [0.3, 0.4) is 0 Å². The summed E-state index contributed by atoms with van der Waals surface area (Å²) >= 11 is 6.39. The van der Waals surface area contributed by atoms with E-state index in [-0.39, 0.29) is 24.4 Å². The quantitative estimate of drug-likeness (QED) is 0.572. The monoisotopic (exact) mass is 407 g/mol. The van der Waals surface area contributed by atoms with Crippen LogP contribution >= 0.6 is 11.6 Å². The third-order valence-corrected chi connectivity index (χ3v) is 4.53. The van der Waals surface area contributed by atoms with Crippen molar-refractivity contribution in [3.8, 4) is 0 Å². The van der Waals surface area contributed by atoms with Gasteiger partial charge in [0.2, 0.25) is 0 Å². The SMILES string of the molecule is CCOC(=O)C1=C(COC(C)=O)NC(C)=C(C(=O)OC)C1c1ccccc1Cl. The minimum absolute atomic E-state index is 0.134. The van der Waals surface area contributed by atoms with Crippen molar-refractivity contribution in [2.45, 2.75) is 26.7 Å². The summed E-state index contributed by atoms with van der Waals surface area (Å²) in [6.07, 6.45) is 0. The van der Waals surface area contributed by atoms with E-state index in [1.54, 1.807) is 38.1 Å². The van der Waals surface area contributed by atoms with Gasteiger partial charge in [0.1, 0.15) is 6.61 Å². The highest BCUT2D eigenvalue weighted by Crippen LogP contribution is 2.41. The van der Waals surface area contributed by atoms with Crippen molar-refractivity contribution in [3.63, 3.8) is 0 Å². The van der Waals surface area contributed by atoms with Gasteiger partial charge in [0, 0.05) is 17.6 Å². The number of esters is 3. The Labute approximate surface area is 168 Å². The van der Waals surface area contributed by atoms with E-state index in [4.69, 9.17) is 25.8 Å². The van der Waals surface area contributed by atoms with Gasteiger partial charge < -0.3 is 19.5 Å². The van der Waals surface area contributed by atoms with Crippen LogP contribution in [-0.4, -0.2) is 38.2 Å². The number of hydrogen-bond acceptors (Lipinski definition) is 7. The highest BCUT2D eigenvalue weighted by molar-refractivity contribution is 6.31. The first-order valence-corrected chi connectivity index (χ1v) is 9.03. The summed E-state index contributed by atoms with van der Waals surface area (Å²) in [6.45, 7) is 4.56. The Bertz CT molecular complexity index is 858. The lowest BCUT2D eigenvalue weighted by Crippen LogP contribution is -2.35. The van der Waals surface area contributed by atoms with Gasteiger partial charge in [0.05, 0.1) is 36.5 Å². The molecule has 1 aromatic rings. The minimum Gasteiger partial charge on any atom is -0.466 e. The molecule has 7 nitrogen and oxygen atoms in total. The predicted molar refractivity (Wildman–Crippen MR) is 102 cm³/mol. The number of allylic oxidation sites excluding steroid dienone is 1. The van der Waals surface area contributed by atoms with E-state index in [0.29, 0.717) is 22.0 Å². The lowest BCUT2D eigenvalue weighted by Gasteiger charge is -2.31. The molecule has 1 aliphatic rings. The van der Waals surface area contributed by atoms with E-state index >= 15 is 0 Å². The number of carbonyl (C=O) groups is 3. The normalized spacial score (nSPS) is 16.4. The number of carbonyl (C=O) groups excluding carboxylic acids is 3. The first kappa shape index (κ1) is 21.5. The topological polar surface area (TPSA) is 90.9 Å². The molecule has 0 fully saturated rings. The zero-order valence-electron chi connectivity index (χ0n) is 16.1. The third kappa shape index (κ3) is 4.54. The Morgan fingerprint density at radius 1 is 1.11 bits per heavy atom. The van der Waals surface area contributed by atoms with Gasteiger partial charge in [-0.1, -0.05) is 29.8 Å². The second kappa shape index (κ2) is 9.41. The number of hydrogen-bond donors (Lipinski definition) is 1. The summed E-state index contributed by atoms with van der Waals surface area (Å²) in [5, 5.41) is 3.36. The highest BCUT2D eigenvalue weighted by Gasteiger charge is 2.39. The standard InChI is InChI=1S/C20H22ClNO6/c1-5-27-20(25)18-15(10-28-12(3)23)22-11(2)16(19(24)26-4)17(18)13-8-6-7-9-14(13)21/h6-9,17,22H,5,10H2,1-4H3. The first-order chi connectivity index (χ1) is 13.3.